The fourth-order valence-electron chi connectivity index (χ4n) is 2.41. The Labute approximate surface area is 153 Å². The van der Waals surface area contributed by atoms with Gasteiger partial charge in [0.1, 0.15) is 5.52 Å². The molecule has 0 fully saturated rings. The van der Waals surface area contributed by atoms with Crippen molar-refractivity contribution in [2.45, 2.75) is 6.92 Å². The molecule has 1 heterocycles. The first kappa shape index (κ1) is 17.6. The van der Waals surface area contributed by atoms with Crippen LogP contribution in [-0.2, 0) is 4.79 Å². The number of rotatable bonds is 4. The normalized spacial score (nSPS) is 11.0. The van der Waals surface area contributed by atoms with Crippen LogP contribution in [-0.4, -0.2) is 15.9 Å². The molecular weight excluding hydrogens is 356 g/mol. The highest BCUT2D eigenvalue weighted by Crippen LogP contribution is 2.26. The summed E-state index contributed by atoms with van der Waals surface area (Å²) in [6, 6.07) is 13.2. The molecule has 0 radical (unpaired) electrons. The predicted octanol–water partition coefficient (Wildman–Crippen LogP) is 4.89. The number of nitrogens with zero attached hydrogens (tertiary/aromatic N) is 2. The average molecular weight is 369 g/mol. The molecule has 0 saturated heterocycles. The number of carbonyl (C=O) groups is 1. The molecule has 0 unspecified atom stereocenters. The number of carbonyl (C=O) groups excluding carboxylic acids is 1. The minimum Gasteiger partial charge on any atom is -0.424 e. The third-order valence-electron chi connectivity index (χ3n) is 3.58. The number of ether oxygens (including phenoxy) is 1. The molecule has 3 aromatic rings. The summed E-state index contributed by atoms with van der Waals surface area (Å²) in [5.41, 5.74) is 1.61. The maximum atomic E-state index is 11.2. The summed E-state index contributed by atoms with van der Waals surface area (Å²) in [4.78, 5) is 26.1. The molecule has 0 spiro atoms. The number of nitro groups is 1. The Morgan fingerprint density at radius 1 is 1.19 bits per heavy atom. The quantitative estimate of drug-likeness (QED) is 0.283. The van der Waals surface area contributed by atoms with Crippen LogP contribution in [0.5, 0.6) is 5.75 Å². The zero-order chi connectivity index (χ0) is 18.7. The predicted molar refractivity (Wildman–Crippen MR) is 100 cm³/mol. The lowest BCUT2D eigenvalue weighted by atomic mass is 10.1. The number of pyridine rings is 1. The van der Waals surface area contributed by atoms with Crippen LogP contribution in [0.2, 0.25) is 5.02 Å². The van der Waals surface area contributed by atoms with Gasteiger partial charge in [0.2, 0.25) is 0 Å². The summed E-state index contributed by atoms with van der Waals surface area (Å²) >= 11 is 6.09. The maximum Gasteiger partial charge on any atom is 0.308 e. The topological polar surface area (TPSA) is 82.3 Å². The van der Waals surface area contributed by atoms with Crippen LogP contribution in [0.15, 0.2) is 48.5 Å². The first-order valence-corrected chi connectivity index (χ1v) is 8.02. The van der Waals surface area contributed by atoms with E-state index in [1.165, 1.54) is 25.1 Å². The molecule has 0 bridgehead atoms. The fourth-order valence-corrected chi connectivity index (χ4v) is 2.59. The Morgan fingerprint density at radius 2 is 2.00 bits per heavy atom. The second-order valence-electron chi connectivity index (χ2n) is 5.45. The van der Waals surface area contributed by atoms with E-state index in [-0.39, 0.29) is 5.69 Å². The third-order valence-corrected chi connectivity index (χ3v) is 3.93. The van der Waals surface area contributed by atoms with Gasteiger partial charge in [0.25, 0.3) is 5.69 Å². The lowest BCUT2D eigenvalue weighted by Crippen LogP contribution is -2.02. The van der Waals surface area contributed by atoms with Crippen molar-refractivity contribution in [3.8, 4) is 5.75 Å². The van der Waals surface area contributed by atoms with E-state index in [0.29, 0.717) is 27.5 Å². The molecular formula is C19H13ClN2O4. The largest absolute Gasteiger partial charge is 0.424 e. The van der Waals surface area contributed by atoms with Crippen LogP contribution in [0.3, 0.4) is 0 Å². The van der Waals surface area contributed by atoms with Crippen LogP contribution < -0.4 is 4.74 Å². The molecule has 0 aliphatic carbocycles. The van der Waals surface area contributed by atoms with Crippen molar-refractivity contribution in [1.82, 2.24) is 4.98 Å². The number of aromatic nitrogens is 1. The first-order valence-electron chi connectivity index (χ1n) is 7.64. The Hall–Kier alpha value is -3.25. The van der Waals surface area contributed by atoms with Crippen molar-refractivity contribution in [1.29, 1.82) is 0 Å². The van der Waals surface area contributed by atoms with Crippen molar-refractivity contribution < 1.29 is 14.5 Å². The van der Waals surface area contributed by atoms with Gasteiger partial charge < -0.3 is 4.74 Å². The van der Waals surface area contributed by atoms with Gasteiger partial charge >= 0.3 is 5.97 Å². The number of fused-ring (bicyclic) bond motifs is 1. The van der Waals surface area contributed by atoms with E-state index in [2.05, 4.69) is 4.98 Å². The smallest absolute Gasteiger partial charge is 0.308 e. The van der Waals surface area contributed by atoms with Gasteiger partial charge in [0.15, 0.2) is 5.75 Å². The van der Waals surface area contributed by atoms with Crippen LogP contribution in [0, 0.1) is 10.1 Å². The summed E-state index contributed by atoms with van der Waals surface area (Å²) < 4.78 is 5.18. The molecule has 2 aromatic carbocycles. The van der Waals surface area contributed by atoms with Crippen molar-refractivity contribution in [2.24, 2.45) is 0 Å². The number of esters is 1. The molecule has 0 aliphatic rings. The van der Waals surface area contributed by atoms with Gasteiger partial charge in [0.05, 0.1) is 10.6 Å². The molecule has 6 nitrogen and oxygen atoms in total. The highest BCUT2D eigenvalue weighted by atomic mass is 35.5. The molecule has 0 atom stereocenters. The van der Waals surface area contributed by atoms with Crippen LogP contribution in [0.4, 0.5) is 5.69 Å². The van der Waals surface area contributed by atoms with E-state index in [9.17, 15) is 14.9 Å². The van der Waals surface area contributed by atoms with Crippen LogP contribution in [0.25, 0.3) is 23.1 Å². The van der Waals surface area contributed by atoms with Crippen LogP contribution >= 0.6 is 11.6 Å². The molecule has 7 heteroatoms. The number of halogens is 1. The Morgan fingerprint density at radius 3 is 2.73 bits per heavy atom. The summed E-state index contributed by atoms with van der Waals surface area (Å²) in [7, 11) is 0. The van der Waals surface area contributed by atoms with E-state index in [4.69, 9.17) is 16.3 Å². The second kappa shape index (κ2) is 7.33. The highest BCUT2D eigenvalue weighted by Gasteiger charge is 2.09. The number of non-ortho nitro benzene ring substituents is 1. The monoisotopic (exact) mass is 368 g/mol. The van der Waals surface area contributed by atoms with Crippen molar-refractivity contribution in [2.75, 3.05) is 0 Å². The summed E-state index contributed by atoms with van der Waals surface area (Å²) in [5, 5.41) is 12.1. The van der Waals surface area contributed by atoms with Gasteiger partial charge in [0, 0.05) is 29.5 Å². The number of nitro benzene ring substituents is 1. The van der Waals surface area contributed by atoms with E-state index < -0.39 is 10.9 Å². The fraction of sp³-hybridized carbons (Fsp3) is 0.0526. The molecule has 130 valence electrons. The number of para-hydroxylation sites is 1. The van der Waals surface area contributed by atoms with Crippen molar-refractivity contribution in [3.63, 3.8) is 0 Å². The van der Waals surface area contributed by atoms with Gasteiger partial charge in [-0.15, -0.1) is 0 Å². The van der Waals surface area contributed by atoms with E-state index >= 15 is 0 Å². The van der Waals surface area contributed by atoms with Gasteiger partial charge in [-0.1, -0.05) is 35.9 Å². The van der Waals surface area contributed by atoms with Crippen LogP contribution in [0.1, 0.15) is 18.2 Å². The minimum atomic E-state index is -0.479. The third kappa shape index (κ3) is 3.87. The number of hydrogen-bond acceptors (Lipinski definition) is 5. The lowest BCUT2D eigenvalue weighted by molar-refractivity contribution is -0.384. The zero-order valence-electron chi connectivity index (χ0n) is 13.7. The molecule has 0 aliphatic heterocycles. The van der Waals surface area contributed by atoms with Crippen molar-refractivity contribution >= 4 is 46.3 Å². The number of benzene rings is 2. The second-order valence-corrected chi connectivity index (χ2v) is 5.86. The molecule has 0 amide bonds. The molecule has 1 aromatic heterocycles. The minimum absolute atomic E-state index is 0.0438. The average Bonchev–Trinajstić information content (AvgIpc) is 2.60. The molecule has 3 rings (SSSR count). The highest BCUT2D eigenvalue weighted by molar-refractivity contribution is 6.32. The summed E-state index contributed by atoms with van der Waals surface area (Å²) in [6.07, 6.45) is 3.34. The van der Waals surface area contributed by atoms with E-state index in [1.807, 2.05) is 12.1 Å². The van der Waals surface area contributed by atoms with Gasteiger partial charge in [-0.05, 0) is 29.8 Å². The Kier molecular flexibility index (Phi) is 4.95. The first-order chi connectivity index (χ1) is 12.4. The SMILES string of the molecule is CC(=O)Oc1cccc2ccc(/C=C/c3cc([N+](=O)[O-])ccc3Cl)nc12. The molecule has 26 heavy (non-hydrogen) atoms. The van der Waals surface area contributed by atoms with E-state index in [0.717, 1.165) is 5.39 Å². The van der Waals surface area contributed by atoms with Gasteiger partial charge in [-0.2, -0.15) is 0 Å². The van der Waals surface area contributed by atoms with Gasteiger partial charge in [-0.25, -0.2) is 4.98 Å². The maximum absolute atomic E-state index is 11.2. The zero-order valence-corrected chi connectivity index (χ0v) is 14.4. The molecule has 0 N–H and O–H groups in total. The Bertz CT molecular complexity index is 1050. The molecule has 0 saturated carbocycles. The summed E-state index contributed by atoms with van der Waals surface area (Å²) in [6.45, 7) is 1.33. The number of hydrogen-bond donors (Lipinski definition) is 0. The summed E-state index contributed by atoms with van der Waals surface area (Å²) in [5.74, 6) is -0.0535. The van der Waals surface area contributed by atoms with Crippen molar-refractivity contribution in [3.05, 3.63) is 74.9 Å². The Balaban J connectivity index is 1.99. The van der Waals surface area contributed by atoms with E-state index in [1.54, 1.807) is 30.4 Å². The lowest BCUT2D eigenvalue weighted by Gasteiger charge is -2.06. The van der Waals surface area contributed by atoms with Gasteiger partial charge in [-0.3, -0.25) is 14.9 Å². The standard InChI is InChI=1S/C19H13ClN2O4/c1-12(23)26-18-4-2-3-13-5-7-15(21-19(13)18)8-6-14-11-16(22(24)25)9-10-17(14)20/h2-11H,1H3/b8-6+.